The van der Waals surface area contributed by atoms with E-state index in [0.717, 1.165) is 36.7 Å². The Labute approximate surface area is 149 Å². The van der Waals surface area contributed by atoms with Crippen LogP contribution in [-0.4, -0.2) is 23.8 Å². The third kappa shape index (κ3) is 3.62. The molecule has 1 unspecified atom stereocenters. The van der Waals surface area contributed by atoms with Gasteiger partial charge in [0, 0.05) is 12.6 Å². The van der Waals surface area contributed by atoms with Gasteiger partial charge in [0.2, 0.25) is 8.32 Å². The lowest BCUT2D eigenvalue weighted by Gasteiger charge is -2.36. The molecule has 6 nitrogen and oxygen atoms in total. The monoisotopic (exact) mass is 362 g/mol. The summed E-state index contributed by atoms with van der Waals surface area (Å²) in [6.07, 6.45) is 7.15. The summed E-state index contributed by atoms with van der Waals surface area (Å²) in [7, 11) is -1.78. The summed E-state index contributed by atoms with van der Waals surface area (Å²) in [6.45, 7) is 6.62. The van der Waals surface area contributed by atoms with Gasteiger partial charge in [-0.05, 0) is 43.1 Å². The van der Waals surface area contributed by atoms with Gasteiger partial charge >= 0.3 is 0 Å². The summed E-state index contributed by atoms with van der Waals surface area (Å²) in [6, 6.07) is 4.92. The Morgan fingerprint density at radius 3 is 2.60 bits per heavy atom. The van der Waals surface area contributed by atoms with E-state index in [1.165, 1.54) is 6.20 Å². The number of hydrogen-bond acceptors (Lipinski definition) is 5. The average molecular weight is 363 g/mol. The van der Waals surface area contributed by atoms with E-state index in [0.29, 0.717) is 12.0 Å². The molecule has 0 amide bonds. The zero-order chi connectivity index (χ0) is 18.1. The molecule has 2 aliphatic rings. The number of aromatic nitrogens is 1. The summed E-state index contributed by atoms with van der Waals surface area (Å²) >= 11 is 0. The molecule has 3 rings (SSSR count). The third-order valence-electron chi connectivity index (χ3n) is 5.59. The molecule has 1 atom stereocenters. The van der Waals surface area contributed by atoms with Gasteiger partial charge in [0.25, 0.3) is 5.69 Å². The maximum Gasteiger partial charge on any atom is 0.293 e. The number of nitrogens with zero attached hydrogens (tertiary/aromatic N) is 2. The van der Waals surface area contributed by atoms with Gasteiger partial charge in [-0.1, -0.05) is 20.8 Å². The average Bonchev–Trinajstić information content (AvgIpc) is 3.37. The van der Waals surface area contributed by atoms with Crippen molar-refractivity contribution in [2.75, 3.05) is 0 Å². The van der Waals surface area contributed by atoms with E-state index in [1.54, 1.807) is 12.3 Å². The van der Waals surface area contributed by atoms with Gasteiger partial charge in [0.1, 0.15) is 6.20 Å². The highest BCUT2D eigenvalue weighted by Gasteiger charge is 2.49. The van der Waals surface area contributed by atoms with Crippen molar-refractivity contribution in [3.8, 4) is 0 Å². The van der Waals surface area contributed by atoms with Crippen LogP contribution in [0.3, 0.4) is 0 Å². The van der Waals surface area contributed by atoms with E-state index < -0.39 is 8.32 Å². The molecule has 1 aliphatic heterocycles. The van der Waals surface area contributed by atoms with Gasteiger partial charge in [0.05, 0.1) is 28.0 Å². The van der Waals surface area contributed by atoms with E-state index in [9.17, 15) is 10.1 Å². The zero-order valence-electron chi connectivity index (χ0n) is 15.2. The Morgan fingerprint density at radius 2 is 2.04 bits per heavy atom. The Morgan fingerprint density at radius 1 is 1.36 bits per heavy atom. The number of nitro groups is 1. The van der Waals surface area contributed by atoms with Crippen molar-refractivity contribution in [1.29, 1.82) is 0 Å². The van der Waals surface area contributed by atoms with Crippen molar-refractivity contribution in [2.45, 2.75) is 69.9 Å². The molecule has 1 aliphatic carbocycles. The van der Waals surface area contributed by atoms with Crippen molar-refractivity contribution in [3.05, 3.63) is 46.0 Å². The molecule has 0 saturated heterocycles. The van der Waals surface area contributed by atoms with Gasteiger partial charge in [-0.15, -0.1) is 0 Å². The van der Waals surface area contributed by atoms with Gasteiger partial charge in [-0.3, -0.25) is 15.1 Å². The van der Waals surface area contributed by atoms with Crippen LogP contribution >= 0.6 is 0 Å². The molecule has 1 saturated carbocycles. The highest BCUT2D eigenvalue weighted by atomic mass is 28.4. The van der Waals surface area contributed by atoms with E-state index in [-0.39, 0.29) is 22.3 Å². The zero-order valence-corrected chi connectivity index (χ0v) is 16.2. The lowest BCUT2D eigenvalue weighted by atomic mass is 10.0. The molecule has 1 spiro atoms. The van der Waals surface area contributed by atoms with Gasteiger partial charge in [-0.25, -0.2) is 0 Å². The van der Waals surface area contributed by atoms with Crippen molar-refractivity contribution in [3.63, 3.8) is 0 Å². The molecule has 136 valence electrons. The second-order valence-electron chi connectivity index (χ2n) is 7.02. The normalized spacial score (nSPS) is 21.7. The predicted molar refractivity (Wildman–Crippen MR) is 97.7 cm³/mol. The van der Waals surface area contributed by atoms with Gasteiger partial charge < -0.3 is 9.16 Å². The molecule has 7 heteroatoms. The third-order valence-corrected chi connectivity index (χ3v) is 10.1. The highest BCUT2D eigenvalue weighted by Crippen LogP contribution is 2.51. The van der Waals surface area contributed by atoms with Crippen molar-refractivity contribution >= 4 is 14.0 Å². The molecule has 1 fully saturated rings. The number of ether oxygens (including phenoxy) is 1. The summed E-state index contributed by atoms with van der Waals surface area (Å²) in [5.41, 5.74) is 0.330. The van der Waals surface area contributed by atoms with E-state index in [2.05, 4.69) is 31.8 Å². The lowest BCUT2D eigenvalue weighted by Crippen LogP contribution is -2.37. The fourth-order valence-electron chi connectivity index (χ4n) is 3.59. The molecule has 0 bridgehead atoms. The van der Waals surface area contributed by atoms with Crippen molar-refractivity contribution < 1.29 is 14.1 Å². The second-order valence-corrected chi connectivity index (χ2v) is 11.7. The fourth-order valence-corrected chi connectivity index (χ4v) is 6.22. The van der Waals surface area contributed by atoms with E-state index in [4.69, 9.17) is 9.16 Å². The van der Waals surface area contributed by atoms with Crippen molar-refractivity contribution in [1.82, 2.24) is 4.98 Å². The molecule has 0 aromatic carbocycles. The quantitative estimate of drug-likeness (QED) is 0.392. The van der Waals surface area contributed by atoms with Crippen LogP contribution in [0.2, 0.25) is 18.1 Å². The SMILES string of the molecule is CC[Si](CC)(CC)OC1=CC2(CC2)OC(c2ccncc2[N+](=O)[O-])C1. The van der Waals surface area contributed by atoms with Gasteiger partial charge in [0.15, 0.2) is 0 Å². The van der Waals surface area contributed by atoms with Crippen LogP contribution < -0.4 is 0 Å². The number of pyridine rings is 1. The van der Waals surface area contributed by atoms with Crippen LogP contribution in [-0.2, 0) is 9.16 Å². The lowest BCUT2D eigenvalue weighted by molar-refractivity contribution is -0.386. The van der Waals surface area contributed by atoms with Crippen LogP contribution in [0.15, 0.2) is 30.3 Å². The first kappa shape index (κ1) is 18.1. The maximum absolute atomic E-state index is 11.4. The molecular weight excluding hydrogens is 336 g/mol. The second kappa shape index (κ2) is 6.88. The minimum Gasteiger partial charge on any atom is -0.547 e. The Bertz CT molecular complexity index is 675. The van der Waals surface area contributed by atoms with Crippen LogP contribution in [0.25, 0.3) is 0 Å². The van der Waals surface area contributed by atoms with E-state index in [1.807, 2.05) is 0 Å². The largest absolute Gasteiger partial charge is 0.547 e. The van der Waals surface area contributed by atoms with Crippen LogP contribution in [0.4, 0.5) is 5.69 Å². The summed E-state index contributed by atoms with van der Waals surface area (Å²) < 4.78 is 12.8. The standard InChI is InChI=1S/C18H26N2O4Si/c1-4-25(5-2,6-3)24-14-11-17(23-18(12-14)8-9-18)15-7-10-19-13-16(15)20(21)22/h7,10,12-13,17H,4-6,8-9,11H2,1-3H3. The van der Waals surface area contributed by atoms with E-state index >= 15 is 0 Å². The smallest absolute Gasteiger partial charge is 0.293 e. The summed E-state index contributed by atoms with van der Waals surface area (Å²) in [5.74, 6) is 0.970. The summed E-state index contributed by atoms with van der Waals surface area (Å²) in [4.78, 5) is 14.9. The Kier molecular flexibility index (Phi) is 4.97. The molecule has 1 aromatic rings. The molecule has 25 heavy (non-hydrogen) atoms. The Balaban J connectivity index is 1.89. The Hall–Kier alpha value is -1.73. The fraction of sp³-hybridized carbons (Fsp3) is 0.611. The maximum atomic E-state index is 11.4. The topological polar surface area (TPSA) is 74.5 Å². The molecule has 1 aromatic heterocycles. The first-order valence-electron chi connectivity index (χ1n) is 9.13. The minimum absolute atomic E-state index is 0.0227. The van der Waals surface area contributed by atoms with Crippen molar-refractivity contribution in [2.24, 2.45) is 0 Å². The molecule has 0 N–H and O–H groups in total. The van der Waals surface area contributed by atoms with Crippen LogP contribution in [0, 0.1) is 10.1 Å². The minimum atomic E-state index is -1.78. The van der Waals surface area contributed by atoms with Gasteiger partial charge in [-0.2, -0.15) is 0 Å². The molecular formula is C18H26N2O4Si. The highest BCUT2D eigenvalue weighted by molar-refractivity contribution is 6.73. The molecule has 0 radical (unpaired) electrons. The van der Waals surface area contributed by atoms with Crippen LogP contribution in [0.5, 0.6) is 0 Å². The first-order valence-corrected chi connectivity index (χ1v) is 11.7. The molecule has 2 heterocycles. The number of hydrogen-bond donors (Lipinski definition) is 0. The summed E-state index contributed by atoms with van der Waals surface area (Å²) in [5, 5.41) is 11.4. The first-order chi connectivity index (χ1) is 12.0. The predicted octanol–water partition coefficient (Wildman–Crippen LogP) is 4.89. The number of rotatable bonds is 7. The van der Waals surface area contributed by atoms with Crippen LogP contribution in [0.1, 0.15) is 51.7 Å².